The molecule has 106 valence electrons. The summed E-state index contributed by atoms with van der Waals surface area (Å²) in [6.45, 7) is 5.08. The average Bonchev–Trinajstić information content (AvgIpc) is 2.77. The zero-order valence-corrected chi connectivity index (χ0v) is 12.4. The Morgan fingerprint density at radius 2 is 2.26 bits per heavy atom. The van der Waals surface area contributed by atoms with Crippen LogP contribution >= 0.6 is 0 Å². The van der Waals surface area contributed by atoms with Gasteiger partial charge in [0, 0.05) is 25.3 Å². The molecule has 0 saturated carbocycles. The minimum absolute atomic E-state index is 0.599. The predicted molar refractivity (Wildman–Crippen MR) is 80.7 cm³/mol. The van der Waals surface area contributed by atoms with Gasteiger partial charge >= 0.3 is 0 Å². The smallest absolute Gasteiger partial charge is 0.131 e. The van der Waals surface area contributed by atoms with Crippen molar-refractivity contribution in [3.05, 3.63) is 23.4 Å². The van der Waals surface area contributed by atoms with Gasteiger partial charge in [-0.05, 0) is 58.0 Å². The molecule has 1 aliphatic heterocycles. The highest BCUT2D eigenvalue weighted by Crippen LogP contribution is 2.27. The van der Waals surface area contributed by atoms with Crippen molar-refractivity contribution >= 4 is 5.82 Å². The van der Waals surface area contributed by atoms with E-state index >= 15 is 0 Å². The number of aromatic nitrogens is 1. The van der Waals surface area contributed by atoms with Crippen LogP contribution in [0.15, 0.2) is 12.3 Å². The lowest BCUT2D eigenvalue weighted by Crippen LogP contribution is -2.38. The molecule has 2 rings (SSSR count). The van der Waals surface area contributed by atoms with E-state index in [-0.39, 0.29) is 0 Å². The highest BCUT2D eigenvalue weighted by molar-refractivity contribution is 5.49. The van der Waals surface area contributed by atoms with E-state index in [1.54, 1.807) is 0 Å². The number of hydrogen-bond acceptors (Lipinski definition) is 4. The molecule has 1 aromatic rings. The molecule has 1 saturated heterocycles. The lowest BCUT2D eigenvalue weighted by atomic mass is 10.1. The number of pyridine rings is 1. The summed E-state index contributed by atoms with van der Waals surface area (Å²) in [7, 11) is 4.28. The van der Waals surface area contributed by atoms with Crippen molar-refractivity contribution in [2.24, 2.45) is 5.73 Å². The molecule has 4 nitrogen and oxygen atoms in total. The molecule has 19 heavy (non-hydrogen) atoms. The minimum Gasteiger partial charge on any atom is -0.352 e. The summed E-state index contributed by atoms with van der Waals surface area (Å²) in [6, 6.07) is 2.84. The summed E-state index contributed by atoms with van der Waals surface area (Å²) in [6.07, 6.45) is 5.43. The Hall–Kier alpha value is -1.13. The summed E-state index contributed by atoms with van der Waals surface area (Å²) in [5.41, 5.74) is 8.12. The van der Waals surface area contributed by atoms with Crippen LogP contribution in [0.25, 0.3) is 0 Å². The monoisotopic (exact) mass is 262 g/mol. The van der Waals surface area contributed by atoms with Gasteiger partial charge in [0.05, 0.1) is 0 Å². The number of likely N-dealkylation sites (N-methyl/N-ethyl adjacent to an activating group) is 1. The fourth-order valence-corrected chi connectivity index (χ4v) is 2.96. The number of aryl methyl sites for hydroxylation is 1. The van der Waals surface area contributed by atoms with E-state index in [0.717, 1.165) is 25.3 Å². The van der Waals surface area contributed by atoms with E-state index in [1.807, 2.05) is 6.20 Å². The molecule has 0 aromatic carbocycles. The van der Waals surface area contributed by atoms with E-state index in [9.17, 15) is 0 Å². The summed E-state index contributed by atoms with van der Waals surface area (Å²) in [5.74, 6) is 1.16. The van der Waals surface area contributed by atoms with Crippen LogP contribution < -0.4 is 10.6 Å². The highest BCUT2D eigenvalue weighted by atomic mass is 15.3. The number of nitrogens with zero attached hydrogens (tertiary/aromatic N) is 3. The molecule has 1 aromatic heterocycles. The molecule has 0 amide bonds. The Morgan fingerprint density at radius 1 is 1.47 bits per heavy atom. The Kier molecular flexibility index (Phi) is 4.77. The van der Waals surface area contributed by atoms with Gasteiger partial charge in [-0.3, -0.25) is 0 Å². The van der Waals surface area contributed by atoms with E-state index in [1.165, 1.54) is 24.0 Å². The lowest BCUT2D eigenvalue weighted by molar-refractivity contribution is 0.371. The molecule has 0 spiro atoms. The Morgan fingerprint density at radius 3 is 2.89 bits per heavy atom. The van der Waals surface area contributed by atoms with Crippen LogP contribution in [0, 0.1) is 6.92 Å². The molecule has 4 heteroatoms. The quantitative estimate of drug-likeness (QED) is 0.872. The van der Waals surface area contributed by atoms with Gasteiger partial charge in [-0.15, -0.1) is 0 Å². The van der Waals surface area contributed by atoms with E-state index < -0.39 is 0 Å². The first-order chi connectivity index (χ1) is 9.11. The van der Waals surface area contributed by atoms with Gasteiger partial charge in [-0.25, -0.2) is 4.98 Å². The topological polar surface area (TPSA) is 45.4 Å². The SMILES string of the molecule is Cc1cc(CCN)cnc1N1CCCC1CN(C)C. The van der Waals surface area contributed by atoms with Crippen molar-refractivity contribution in [3.8, 4) is 0 Å². The molecule has 2 heterocycles. The first kappa shape index (κ1) is 14.3. The first-order valence-electron chi connectivity index (χ1n) is 7.18. The normalized spacial score (nSPS) is 19.4. The van der Waals surface area contributed by atoms with Crippen LogP contribution in [0.4, 0.5) is 5.82 Å². The molecule has 0 bridgehead atoms. The third-order valence-corrected chi connectivity index (χ3v) is 3.77. The maximum atomic E-state index is 5.60. The first-order valence-corrected chi connectivity index (χ1v) is 7.18. The Balaban J connectivity index is 2.16. The molecule has 1 fully saturated rings. The fourth-order valence-electron chi connectivity index (χ4n) is 2.96. The second-order valence-electron chi connectivity index (χ2n) is 5.77. The number of hydrogen-bond donors (Lipinski definition) is 1. The van der Waals surface area contributed by atoms with Gasteiger partial charge in [0.2, 0.25) is 0 Å². The molecule has 1 atom stereocenters. The van der Waals surface area contributed by atoms with E-state index in [4.69, 9.17) is 5.73 Å². The molecular weight excluding hydrogens is 236 g/mol. The Labute approximate surface area is 116 Å². The lowest BCUT2D eigenvalue weighted by Gasteiger charge is -2.29. The molecule has 0 radical (unpaired) electrons. The molecule has 2 N–H and O–H groups in total. The zero-order chi connectivity index (χ0) is 13.8. The maximum Gasteiger partial charge on any atom is 0.131 e. The molecule has 0 aliphatic carbocycles. The summed E-state index contributed by atoms with van der Waals surface area (Å²) >= 11 is 0. The third kappa shape index (κ3) is 3.45. The van der Waals surface area contributed by atoms with Gasteiger partial charge in [0.25, 0.3) is 0 Å². The van der Waals surface area contributed by atoms with Crippen LogP contribution in [0.1, 0.15) is 24.0 Å². The zero-order valence-electron chi connectivity index (χ0n) is 12.4. The fraction of sp³-hybridized carbons (Fsp3) is 0.667. The highest BCUT2D eigenvalue weighted by Gasteiger charge is 2.26. The van der Waals surface area contributed by atoms with Crippen molar-refractivity contribution in [1.82, 2.24) is 9.88 Å². The number of anilines is 1. The van der Waals surface area contributed by atoms with Crippen molar-refractivity contribution < 1.29 is 0 Å². The second kappa shape index (κ2) is 6.35. The largest absolute Gasteiger partial charge is 0.352 e. The van der Waals surface area contributed by atoms with Crippen molar-refractivity contribution in [3.63, 3.8) is 0 Å². The standard InChI is InChI=1S/C15H26N4/c1-12-9-13(6-7-16)10-17-15(12)19-8-4-5-14(19)11-18(2)3/h9-10,14H,4-8,11,16H2,1-3H3. The molecule has 1 unspecified atom stereocenters. The van der Waals surface area contributed by atoms with Gasteiger partial charge in [0.1, 0.15) is 5.82 Å². The van der Waals surface area contributed by atoms with Crippen LogP contribution in [-0.2, 0) is 6.42 Å². The summed E-state index contributed by atoms with van der Waals surface area (Å²) in [4.78, 5) is 9.43. The van der Waals surface area contributed by atoms with Crippen molar-refractivity contribution in [2.45, 2.75) is 32.2 Å². The van der Waals surface area contributed by atoms with E-state index in [0.29, 0.717) is 12.6 Å². The maximum absolute atomic E-state index is 5.60. The van der Waals surface area contributed by atoms with E-state index in [2.05, 4.69) is 41.9 Å². The Bertz CT molecular complexity index is 417. The molecule has 1 aliphatic rings. The van der Waals surface area contributed by atoms with Crippen LogP contribution in [0.2, 0.25) is 0 Å². The van der Waals surface area contributed by atoms with Gasteiger partial charge in [-0.1, -0.05) is 6.07 Å². The minimum atomic E-state index is 0.599. The van der Waals surface area contributed by atoms with Crippen LogP contribution in [-0.4, -0.2) is 49.7 Å². The molecular formula is C15H26N4. The second-order valence-corrected chi connectivity index (χ2v) is 5.77. The van der Waals surface area contributed by atoms with Crippen LogP contribution in [0.3, 0.4) is 0 Å². The average molecular weight is 262 g/mol. The summed E-state index contributed by atoms with van der Waals surface area (Å²) < 4.78 is 0. The number of nitrogens with two attached hydrogens (primary N) is 1. The van der Waals surface area contributed by atoms with Crippen LogP contribution in [0.5, 0.6) is 0 Å². The van der Waals surface area contributed by atoms with Crippen molar-refractivity contribution in [1.29, 1.82) is 0 Å². The number of rotatable bonds is 5. The van der Waals surface area contributed by atoms with Crippen molar-refractivity contribution in [2.75, 3.05) is 38.6 Å². The van der Waals surface area contributed by atoms with Gasteiger partial charge < -0.3 is 15.5 Å². The third-order valence-electron chi connectivity index (χ3n) is 3.77. The summed E-state index contributed by atoms with van der Waals surface area (Å²) in [5, 5.41) is 0. The van der Waals surface area contributed by atoms with Gasteiger partial charge in [0.15, 0.2) is 0 Å². The predicted octanol–water partition coefficient (Wildman–Crippen LogP) is 1.42. The van der Waals surface area contributed by atoms with Gasteiger partial charge in [-0.2, -0.15) is 0 Å².